The number of nitrogens with two attached hydrogens (primary N) is 2. The third kappa shape index (κ3) is 4.20. The highest BCUT2D eigenvalue weighted by Crippen LogP contribution is 2.34. The van der Waals surface area contributed by atoms with Crippen molar-refractivity contribution in [3.8, 4) is 5.75 Å². The minimum Gasteiger partial charge on any atom is -0.497 e. The van der Waals surface area contributed by atoms with Crippen LogP contribution >= 0.6 is 11.8 Å². The summed E-state index contributed by atoms with van der Waals surface area (Å²) >= 11 is 1.12. The highest BCUT2D eigenvalue weighted by Gasteiger charge is 2.34. The van der Waals surface area contributed by atoms with Crippen LogP contribution in [0.2, 0.25) is 0 Å². The van der Waals surface area contributed by atoms with E-state index in [0.29, 0.717) is 12.2 Å². The van der Waals surface area contributed by atoms with E-state index in [1.807, 2.05) is 30.3 Å². The average Bonchev–Trinajstić information content (AvgIpc) is 3.41. The summed E-state index contributed by atoms with van der Waals surface area (Å²) in [7, 11) is 1.61. The number of hydrogen-bond acceptors (Lipinski definition) is 10. The zero-order chi connectivity index (χ0) is 21.1. The molecule has 0 radical (unpaired) electrons. The van der Waals surface area contributed by atoms with Crippen molar-refractivity contribution < 1.29 is 13.9 Å². The third-order valence-electron chi connectivity index (χ3n) is 4.43. The lowest BCUT2D eigenvalue weighted by Crippen LogP contribution is -2.28. The maximum atomic E-state index is 13.0. The zero-order valence-electron chi connectivity index (χ0n) is 16.1. The number of rotatable bonds is 6. The van der Waals surface area contributed by atoms with Crippen LogP contribution in [-0.2, 0) is 4.79 Å². The van der Waals surface area contributed by atoms with Crippen LogP contribution in [0.25, 0.3) is 0 Å². The van der Waals surface area contributed by atoms with E-state index in [9.17, 15) is 4.79 Å². The number of hydrogen-bond donors (Lipinski definition) is 2. The molecule has 4 N–H and O–H groups in total. The number of thioether (sulfide) groups is 1. The van der Waals surface area contributed by atoms with Crippen LogP contribution in [0.1, 0.15) is 23.8 Å². The molecule has 1 amide bonds. The number of amides is 1. The topological polar surface area (TPSA) is 146 Å². The van der Waals surface area contributed by atoms with Crippen LogP contribution in [0.15, 0.2) is 57.3 Å². The lowest BCUT2D eigenvalue weighted by Gasteiger charge is -2.19. The molecule has 30 heavy (non-hydrogen) atoms. The minimum absolute atomic E-state index is 0.00639. The van der Waals surface area contributed by atoms with Crippen molar-refractivity contribution >= 4 is 35.3 Å². The van der Waals surface area contributed by atoms with Gasteiger partial charge in [0, 0.05) is 6.42 Å². The highest BCUT2D eigenvalue weighted by atomic mass is 32.2. The molecule has 1 atom stereocenters. The first kappa shape index (κ1) is 19.7. The van der Waals surface area contributed by atoms with Gasteiger partial charge in [0.2, 0.25) is 11.9 Å². The molecule has 11 heteroatoms. The van der Waals surface area contributed by atoms with Gasteiger partial charge in [-0.2, -0.15) is 20.1 Å². The molecule has 4 rings (SSSR count). The van der Waals surface area contributed by atoms with E-state index in [2.05, 4.69) is 20.1 Å². The molecule has 3 aromatic rings. The van der Waals surface area contributed by atoms with Gasteiger partial charge in [0.25, 0.3) is 5.91 Å². The summed E-state index contributed by atoms with van der Waals surface area (Å²) in [5.74, 6) is 1.26. The van der Waals surface area contributed by atoms with Gasteiger partial charge in [-0.3, -0.25) is 4.79 Å². The molecule has 0 fully saturated rings. The normalized spacial score (nSPS) is 15.8. The van der Waals surface area contributed by atoms with E-state index in [0.717, 1.165) is 28.8 Å². The first-order valence-corrected chi connectivity index (χ1v) is 9.99. The van der Waals surface area contributed by atoms with Crippen molar-refractivity contribution in [3.05, 3.63) is 54.0 Å². The largest absolute Gasteiger partial charge is 0.497 e. The fourth-order valence-electron chi connectivity index (χ4n) is 3.05. The molecule has 1 aliphatic rings. The Kier molecular flexibility index (Phi) is 5.53. The fraction of sp³-hybridized carbons (Fsp3) is 0.211. The molecule has 154 valence electrons. The van der Waals surface area contributed by atoms with E-state index in [4.69, 9.17) is 20.6 Å². The average molecular weight is 425 g/mol. The zero-order valence-corrected chi connectivity index (χ0v) is 16.9. The Balaban J connectivity index is 1.55. The molecule has 10 nitrogen and oxygen atoms in total. The van der Waals surface area contributed by atoms with Gasteiger partial charge < -0.3 is 20.6 Å². The van der Waals surface area contributed by atoms with Crippen molar-refractivity contribution in [3.63, 3.8) is 0 Å². The molecule has 1 aliphatic heterocycles. The third-order valence-corrected chi connectivity index (χ3v) is 5.27. The van der Waals surface area contributed by atoms with Gasteiger partial charge in [0.1, 0.15) is 17.6 Å². The molecule has 0 unspecified atom stereocenters. The van der Waals surface area contributed by atoms with Crippen LogP contribution in [0.5, 0.6) is 5.75 Å². The summed E-state index contributed by atoms with van der Waals surface area (Å²) in [5.41, 5.74) is 12.9. The fourth-order valence-corrected chi connectivity index (χ4v) is 3.75. The molecular formula is C19H19N7O3S. The van der Waals surface area contributed by atoms with Crippen LogP contribution in [0.3, 0.4) is 0 Å². The van der Waals surface area contributed by atoms with Gasteiger partial charge in [-0.25, -0.2) is 5.01 Å². The van der Waals surface area contributed by atoms with E-state index >= 15 is 0 Å². The molecule has 0 aliphatic carbocycles. The Morgan fingerprint density at radius 3 is 2.57 bits per heavy atom. The summed E-state index contributed by atoms with van der Waals surface area (Å²) in [6.07, 6.45) is 2.11. The van der Waals surface area contributed by atoms with E-state index in [1.54, 1.807) is 19.4 Å². The van der Waals surface area contributed by atoms with Crippen LogP contribution in [0, 0.1) is 0 Å². The Bertz CT molecular complexity index is 1050. The summed E-state index contributed by atoms with van der Waals surface area (Å²) < 4.78 is 10.8. The van der Waals surface area contributed by atoms with Crippen molar-refractivity contribution in [2.45, 2.75) is 17.6 Å². The summed E-state index contributed by atoms with van der Waals surface area (Å²) in [6.45, 7) is 0. The number of carbonyl (C=O) groups excluding carboxylic acids is 1. The Morgan fingerprint density at radius 2 is 1.93 bits per heavy atom. The predicted molar refractivity (Wildman–Crippen MR) is 112 cm³/mol. The van der Waals surface area contributed by atoms with E-state index in [-0.39, 0.29) is 34.8 Å². The molecule has 0 saturated carbocycles. The summed E-state index contributed by atoms with van der Waals surface area (Å²) in [5, 5.41) is 6.31. The van der Waals surface area contributed by atoms with Crippen molar-refractivity contribution in [1.29, 1.82) is 0 Å². The summed E-state index contributed by atoms with van der Waals surface area (Å²) in [6, 6.07) is 10.8. The van der Waals surface area contributed by atoms with Crippen LogP contribution < -0.4 is 16.2 Å². The number of nitrogens with zero attached hydrogens (tertiary/aromatic N) is 5. The quantitative estimate of drug-likeness (QED) is 0.567. The molecule has 0 bridgehead atoms. The van der Waals surface area contributed by atoms with Crippen molar-refractivity contribution in [2.24, 2.45) is 5.10 Å². The number of carbonyl (C=O) groups is 1. The Hall–Kier alpha value is -3.60. The number of hydrazone groups is 1. The highest BCUT2D eigenvalue weighted by molar-refractivity contribution is 7.99. The number of furan rings is 1. The SMILES string of the molecule is COc1ccc(C2=NN(C(=O)CSc3nc(N)nc(N)n3)[C@@H](c3ccco3)C2)cc1. The molecule has 0 saturated heterocycles. The van der Waals surface area contributed by atoms with Gasteiger partial charge in [-0.15, -0.1) is 0 Å². The number of anilines is 2. The first-order chi connectivity index (χ1) is 14.5. The Morgan fingerprint density at radius 1 is 1.20 bits per heavy atom. The van der Waals surface area contributed by atoms with Gasteiger partial charge in [-0.1, -0.05) is 11.8 Å². The first-order valence-electron chi connectivity index (χ1n) is 9.00. The second-order valence-corrected chi connectivity index (χ2v) is 7.31. The van der Waals surface area contributed by atoms with Crippen molar-refractivity contribution in [1.82, 2.24) is 20.0 Å². The standard InChI is InChI=1S/C19H19N7O3S/c1-28-12-6-4-11(5-7-12)13-9-14(15-3-2-8-29-15)26(25-13)16(27)10-30-19-23-17(20)22-18(21)24-19/h2-8,14H,9-10H2,1H3,(H4,20,21,22,23,24)/t14-/m1/s1. The molecule has 0 spiro atoms. The molecule has 2 aromatic heterocycles. The number of methoxy groups -OCH3 is 1. The minimum atomic E-state index is -0.335. The lowest BCUT2D eigenvalue weighted by molar-refractivity contribution is -0.130. The molecule has 3 heterocycles. The second-order valence-electron chi connectivity index (χ2n) is 6.37. The number of benzene rings is 1. The molecule has 1 aromatic carbocycles. The van der Waals surface area contributed by atoms with E-state index in [1.165, 1.54) is 5.01 Å². The lowest BCUT2D eigenvalue weighted by atomic mass is 10.0. The van der Waals surface area contributed by atoms with Crippen LogP contribution in [0.4, 0.5) is 11.9 Å². The predicted octanol–water partition coefficient (Wildman–Crippen LogP) is 2.11. The summed E-state index contributed by atoms with van der Waals surface area (Å²) in [4.78, 5) is 24.7. The Labute approximate surface area is 176 Å². The monoisotopic (exact) mass is 425 g/mol. The van der Waals surface area contributed by atoms with Gasteiger partial charge >= 0.3 is 0 Å². The van der Waals surface area contributed by atoms with Gasteiger partial charge in [0.15, 0.2) is 5.16 Å². The maximum Gasteiger partial charge on any atom is 0.253 e. The number of nitrogen functional groups attached to an aromatic ring is 2. The smallest absolute Gasteiger partial charge is 0.253 e. The maximum absolute atomic E-state index is 13.0. The number of ether oxygens (including phenoxy) is 1. The van der Waals surface area contributed by atoms with Crippen LogP contribution in [-0.4, -0.2) is 44.4 Å². The van der Waals surface area contributed by atoms with Crippen molar-refractivity contribution in [2.75, 3.05) is 24.3 Å². The second kappa shape index (κ2) is 8.41. The van der Waals surface area contributed by atoms with Gasteiger partial charge in [0.05, 0.1) is 24.8 Å². The molecular weight excluding hydrogens is 406 g/mol. The van der Waals surface area contributed by atoms with E-state index < -0.39 is 0 Å². The number of aromatic nitrogens is 3. The van der Waals surface area contributed by atoms with Gasteiger partial charge in [-0.05, 0) is 42.0 Å².